The molecule has 2 rings (SSSR count). The van der Waals surface area contributed by atoms with Crippen LogP contribution in [0.3, 0.4) is 0 Å². The van der Waals surface area contributed by atoms with Crippen molar-refractivity contribution in [2.24, 2.45) is 0 Å². The molecule has 18 heavy (non-hydrogen) atoms. The summed E-state index contributed by atoms with van der Waals surface area (Å²) in [5.41, 5.74) is 2.56. The molecule has 1 aliphatic heterocycles. The van der Waals surface area contributed by atoms with Crippen LogP contribution in [-0.2, 0) is 4.84 Å². The first kappa shape index (κ1) is 13.2. The molecule has 0 saturated carbocycles. The number of rotatable bonds is 5. The molecule has 0 unspecified atom stereocenters. The predicted octanol–water partition coefficient (Wildman–Crippen LogP) is 2.36. The number of hydroxylamine groups is 2. The normalized spacial score (nSPS) is 17.7. The predicted molar refractivity (Wildman–Crippen MR) is 70.2 cm³/mol. The zero-order chi connectivity index (χ0) is 13.1. The third-order valence-electron chi connectivity index (χ3n) is 3.54. The second-order valence-corrected chi connectivity index (χ2v) is 4.66. The Morgan fingerprint density at radius 3 is 2.83 bits per heavy atom. The molecule has 0 aromatic heterocycles. The van der Waals surface area contributed by atoms with Gasteiger partial charge in [0.1, 0.15) is 0 Å². The highest BCUT2D eigenvalue weighted by molar-refractivity contribution is 5.54. The molecule has 1 aromatic carbocycles. The van der Waals surface area contributed by atoms with E-state index in [1.165, 1.54) is 11.1 Å². The number of methoxy groups -OCH3 is 1. The first-order valence-electron chi connectivity index (χ1n) is 6.23. The number of hydrogen-bond acceptors (Lipinski definition) is 4. The van der Waals surface area contributed by atoms with Crippen LogP contribution in [0.4, 0.5) is 0 Å². The number of hydrogen-bond donors (Lipinski definition) is 0. The molecular weight excluding hydrogens is 230 g/mol. The molecule has 0 aliphatic carbocycles. The lowest BCUT2D eigenvalue weighted by molar-refractivity contribution is -0.110. The standard InChI is InChI=1S/C14H21NO3/c1-10-5-6-12(16-3)14-13(10)11(9-18-14)7-8-15(2)17-4/h5-6,11H,7-9H2,1-4H3/t11-/m0/s1. The van der Waals surface area contributed by atoms with Gasteiger partial charge in [-0.3, -0.25) is 0 Å². The SMILES string of the molecule is COc1ccc(C)c2c1OC[C@@H]2CCN(C)OC. The van der Waals surface area contributed by atoms with E-state index in [0.717, 1.165) is 31.1 Å². The smallest absolute Gasteiger partial charge is 0.165 e. The van der Waals surface area contributed by atoms with E-state index in [-0.39, 0.29) is 0 Å². The number of ether oxygens (including phenoxy) is 2. The lowest BCUT2D eigenvalue weighted by atomic mass is 9.93. The first-order chi connectivity index (χ1) is 8.67. The maximum absolute atomic E-state index is 5.80. The lowest BCUT2D eigenvalue weighted by Crippen LogP contribution is -2.20. The van der Waals surface area contributed by atoms with Crippen LogP contribution in [0.1, 0.15) is 23.5 Å². The summed E-state index contributed by atoms with van der Waals surface area (Å²) in [6.07, 6.45) is 1.02. The second kappa shape index (κ2) is 5.59. The Morgan fingerprint density at radius 2 is 2.17 bits per heavy atom. The quantitative estimate of drug-likeness (QED) is 0.752. The topological polar surface area (TPSA) is 30.9 Å². The van der Waals surface area contributed by atoms with Gasteiger partial charge in [0.25, 0.3) is 0 Å². The molecule has 100 valence electrons. The van der Waals surface area contributed by atoms with Gasteiger partial charge in [-0.2, -0.15) is 5.06 Å². The third-order valence-corrected chi connectivity index (χ3v) is 3.54. The van der Waals surface area contributed by atoms with E-state index in [4.69, 9.17) is 14.3 Å². The summed E-state index contributed by atoms with van der Waals surface area (Å²) in [5.74, 6) is 2.17. The largest absolute Gasteiger partial charge is 0.493 e. The van der Waals surface area contributed by atoms with Gasteiger partial charge in [-0.25, -0.2) is 0 Å². The highest BCUT2D eigenvalue weighted by Gasteiger charge is 2.28. The number of aryl methyl sites for hydroxylation is 1. The van der Waals surface area contributed by atoms with Crippen LogP contribution in [-0.4, -0.2) is 39.5 Å². The maximum atomic E-state index is 5.80. The molecule has 1 atom stereocenters. The Morgan fingerprint density at radius 1 is 1.39 bits per heavy atom. The summed E-state index contributed by atoms with van der Waals surface area (Å²) in [6.45, 7) is 3.74. The zero-order valence-corrected chi connectivity index (χ0v) is 11.5. The average Bonchev–Trinajstić information content (AvgIpc) is 2.81. The zero-order valence-electron chi connectivity index (χ0n) is 11.5. The Labute approximate surface area is 108 Å². The molecule has 0 saturated heterocycles. The van der Waals surface area contributed by atoms with Gasteiger partial charge in [-0.05, 0) is 25.0 Å². The summed E-state index contributed by atoms with van der Waals surface area (Å²) >= 11 is 0. The fraction of sp³-hybridized carbons (Fsp3) is 0.571. The van der Waals surface area contributed by atoms with Crippen LogP contribution in [0.15, 0.2) is 12.1 Å². The van der Waals surface area contributed by atoms with E-state index < -0.39 is 0 Å². The van der Waals surface area contributed by atoms with E-state index in [1.807, 2.05) is 18.2 Å². The van der Waals surface area contributed by atoms with E-state index >= 15 is 0 Å². The summed E-state index contributed by atoms with van der Waals surface area (Å²) in [6, 6.07) is 4.07. The number of nitrogens with zero attached hydrogens (tertiary/aromatic N) is 1. The van der Waals surface area contributed by atoms with E-state index in [2.05, 4.69) is 13.0 Å². The minimum absolute atomic E-state index is 0.424. The lowest BCUT2D eigenvalue weighted by Gasteiger charge is -2.17. The van der Waals surface area contributed by atoms with Crippen LogP contribution in [0.25, 0.3) is 0 Å². The monoisotopic (exact) mass is 251 g/mol. The summed E-state index contributed by atoms with van der Waals surface area (Å²) in [4.78, 5) is 5.14. The molecule has 4 heteroatoms. The fourth-order valence-electron chi connectivity index (χ4n) is 2.42. The first-order valence-corrected chi connectivity index (χ1v) is 6.23. The number of fused-ring (bicyclic) bond motifs is 1. The van der Waals surface area contributed by atoms with Crippen molar-refractivity contribution in [1.82, 2.24) is 5.06 Å². The van der Waals surface area contributed by atoms with Gasteiger partial charge in [-0.15, -0.1) is 0 Å². The minimum atomic E-state index is 0.424. The van der Waals surface area contributed by atoms with Crippen LogP contribution in [0.5, 0.6) is 11.5 Å². The Bertz CT molecular complexity index is 420. The molecule has 1 aliphatic rings. The van der Waals surface area contributed by atoms with Crippen molar-refractivity contribution in [3.8, 4) is 11.5 Å². The molecular formula is C14H21NO3. The third kappa shape index (κ3) is 2.44. The van der Waals surface area contributed by atoms with Crippen LogP contribution >= 0.6 is 0 Å². The van der Waals surface area contributed by atoms with E-state index in [9.17, 15) is 0 Å². The van der Waals surface area contributed by atoms with Gasteiger partial charge >= 0.3 is 0 Å². The molecule has 0 spiro atoms. The van der Waals surface area contributed by atoms with Gasteiger partial charge in [0.2, 0.25) is 0 Å². The van der Waals surface area contributed by atoms with Crippen LogP contribution in [0.2, 0.25) is 0 Å². The van der Waals surface area contributed by atoms with Crippen molar-refractivity contribution >= 4 is 0 Å². The highest BCUT2D eigenvalue weighted by atomic mass is 16.7. The van der Waals surface area contributed by atoms with Crippen molar-refractivity contribution < 1.29 is 14.3 Å². The molecule has 1 heterocycles. The average molecular weight is 251 g/mol. The van der Waals surface area contributed by atoms with Crippen molar-refractivity contribution in [3.05, 3.63) is 23.3 Å². The molecule has 4 nitrogen and oxygen atoms in total. The molecule has 0 amide bonds. The minimum Gasteiger partial charge on any atom is -0.493 e. The van der Waals surface area contributed by atoms with Crippen molar-refractivity contribution in [1.29, 1.82) is 0 Å². The molecule has 0 bridgehead atoms. The van der Waals surface area contributed by atoms with E-state index in [1.54, 1.807) is 14.2 Å². The fourth-order valence-corrected chi connectivity index (χ4v) is 2.42. The summed E-state index contributed by atoms with van der Waals surface area (Å²) in [7, 11) is 5.31. The molecule has 0 fully saturated rings. The van der Waals surface area contributed by atoms with Crippen molar-refractivity contribution in [3.63, 3.8) is 0 Å². The van der Waals surface area contributed by atoms with Crippen molar-refractivity contribution in [2.75, 3.05) is 34.4 Å². The van der Waals surface area contributed by atoms with Gasteiger partial charge in [-0.1, -0.05) is 6.07 Å². The van der Waals surface area contributed by atoms with Gasteiger partial charge in [0, 0.05) is 25.1 Å². The van der Waals surface area contributed by atoms with Gasteiger partial charge in [0.15, 0.2) is 11.5 Å². The Kier molecular flexibility index (Phi) is 4.09. The summed E-state index contributed by atoms with van der Waals surface area (Å²) < 4.78 is 11.1. The van der Waals surface area contributed by atoms with Gasteiger partial charge in [0.05, 0.1) is 20.8 Å². The van der Waals surface area contributed by atoms with Crippen LogP contribution < -0.4 is 9.47 Å². The van der Waals surface area contributed by atoms with Crippen molar-refractivity contribution in [2.45, 2.75) is 19.3 Å². The molecule has 1 aromatic rings. The summed E-state index contributed by atoms with van der Waals surface area (Å²) in [5, 5.41) is 1.84. The molecule has 0 radical (unpaired) electrons. The second-order valence-electron chi connectivity index (χ2n) is 4.66. The Hall–Kier alpha value is -1.26. The highest BCUT2D eigenvalue weighted by Crippen LogP contribution is 2.44. The van der Waals surface area contributed by atoms with E-state index in [0.29, 0.717) is 5.92 Å². The van der Waals surface area contributed by atoms with Gasteiger partial charge < -0.3 is 14.3 Å². The molecule has 0 N–H and O–H groups in total. The van der Waals surface area contributed by atoms with Crippen LogP contribution in [0, 0.1) is 6.92 Å². The number of benzene rings is 1. The maximum Gasteiger partial charge on any atom is 0.165 e. The Balaban J connectivity index is 2.16.